The third kappa shape index (κ3) is 5.92. The minimum absolute atomic E-state index is 0.0131. The van der Waals surface area contributed by atoms with E-state index in [0.29, 0.717) is 0 Å². The number of urea groups is 1. The number of amides is 2. The Kier molecular flexibility index (Phi) is 7.56. The van der Waals surface area contributed by atoms with Crippen LogP contribution in [0.3, 0.4) is 0 Å². The highest BCUT2D eigenvalue weighted by Gasteiger charge is 2.21. The van der Waals surface area contributed by atoms with Crippen molar-refractivity contribution in [3.63, 3.8) is 0 Å². The first kappa shape index (κ1) is 19.6. The molecule has 5 heteroatoms. The van der Waals surface area contributed by atoms with Gasteiger partial charge in [0.1, 0.15) is 0 Å². The maximum Gasteiger partial charge on any atom is 0.321 e. The van der Waals surface area contributed by atoms with Gasteiger partial charge < -0.3 is 15.1 Å². The molecule has 0 radical (unpaired) electrons. The van der Waals surface area contributed by atoms with E-state index in [0.717, 1.165) is 57.4 Å². The number of anilines is 2. The summed E-state index contributed by atoms with van der Waals surface area (Å²) in [6, 6.07) is 8.15. The van der Waals surface area contributed by atoms with E-state index in [-0.39, 0.29) is 6.03 Å². The summed E-state index contributed by atoms with van der Waals surface area (Å²) in [5.74, 6) is 0.737. The molecule has 0 unspecified atom stereocenters. The van der Waals surface area contributed by atoms with Gasteiger partial charge in [0.05, 0.1) is 0 Å². The summed E-state index contributed by atoms with van der Waals surface area (Å²) in [6.07, 6.45) is 1.23. The largest absolute Gasteiger partial charge is 0.372 e. The molecule has 1 fully saturated rings. The number of nitrogens with zero attached hydrogens (tertiary/aromatic N) is 3. The van der Waals surface area contributed by atoms with Crippen LogP contribution in [0.1, 0.15) is 34.1 Å². The van der Waals surface area contributed by atoms with E-state index in [2.05, 4.69) is 54.9 Å². The third-order valence-electron chi connectivity index (χ3n) is 4.93. The number of piperazine rings is 1. The highest BCUT2D eigenvalue weighted by Crippen LogP contribution is 2.18. The summed E-state index contributed by atoms with van der Waals surface area (Å²) in [4.78, 5) is 19.1. The number of benzene rings is 1. The van der Waals surface area contributed by atoms with Crippen LogP contribution in [0.15, 0.2) is 24.3 Å². The second-order valence-electron chi connectivity index (χ2n) is 7.16. The molecule has 2 rings (SSSR count). The van der Waals surface area contributed by atoms with Crippen molar-refractivity contribution < 1.29 is 4.79 Å². The predicted octanol–water partition coefficient (Wildman–Crippen LogP) is 3.73. The molecule has 5 nitrogen and oxygen atoms in total. The van der Waals surface area contributed by atoms with Gasteiger partial charge in [0.2, 0.25) is 0 Å². The molecule has 1 aliphatic heterocycles. The zero-order valence-corrected chi connectivity index (χ0v) is 16.3. The van der Waals surface area contributed by atoms with Crippen molar-refractivity contribution in [3.05, 3.63) is 24.3 Å². The fourth-order valence-electron chi connectivity index (χ4n) is 3.16. The van der Waals surface area contributed by atoms with Gasteiger partial charge in [-0.05, 0) is 57.0 Å². The molecule has 1 N–H and O–H groups in total. The van der Waals surface area contributed by atoms with Crippen molar-refractivity contribution in [2.75, 3.05) is 56.0 Å². The zero-order chi connectivity index (χ0) is 18.2. The molecule has 1 aliphatic rings. The van der Waals surface area contributed by atoms with Crippen molar-refractivity contribution in [1.29, 1.82) is 0 Å². The van der Waals surface area contributed by atoms with Gasteiger partial charge in [-0.25, -0.2) is 4.79 Å². The maximum absolute atomic E-state index is 12.5. The van der Waals surface area contributed by atoms with E-state index in [1.807, 2.05) is 17.0 Å². The summed E-state index contributed by atoms with van der Waals surface area (Å²) in [6.45, 7) is 15.5. The molecule has 0 aliphatic carbocycles. The Hall–Kier alpha value is -1.75. The molecule has 1 saturated heterocycles. The van der Waals surface area contributed by atoms with Crippen LogP contribution in [0, 0.1) is 5.92 Å². The van der Waals surface area contributed by atoms with Gasteiger partial charge in [0, 0.05) is 50.6 Å². The summed E-state index contributed by atoms with van der Waals surface area (Å²) in [5, 5.41) is 3.03. The van der Waals surface area contributed by atoms with Gasteiger partial charge >= 0.3 is 6.03 Å². The smallest absolute Gasteiger partial charge is 0.321 e. The van der Waals surface area contributed by atoms with Crippen LogP contribution in [0.25, 0.3) is 0 Å². The molecule has 2 amide bonds. The Morgan fingerprint density at radius 3 is 2.20 bits per heavy atom. The number of hydrogen-bond acceptors (Lipinski definition) is 3. The number of nitrogens with one attached hydrogen (secondary N) is 1. The molecule has 0 aromatic heterocycles. The molecule has 0 atom stereocenters. The Morgan fingerprint density at radius 1 is 1.08 bits per heavy atom. The van der Waals surface area contributed by atoms with Crippen molar-refractivity contribution in [2.24, 2.45) is 5.92 Å². The SMILES string of the molecule is CCN(CC)c1ccc(NC(=O)N2CCN(CCC(C)C)CC2)cc1. The van der Waals surface area contributed by atoms with Crippen molar-refractivity contribution in [2.45, 2.75) is 34.1 Å². The Bertz CT molecular complexity index is 517. The van der Waals surface area contributed by atoms with Crippen LogP contribution in [-0.2, 0) is 0 Å². The average molecular weight is 347 g/mol. The molecular weight excluding hydrogens is 312 g/mol. The van der Waals surface area contributed by atoms with Crippen LogP contribution in [0.2, 0.25) is 0 Å². The lowest BCUT2D eigenvalue weighted by Crippen LogP contribution is -2.50. The predicted molar refractivity (Wildman–Crippen MR) is 106 cm³/mol. The highest BCUT2D eigenvalue weighted by molar-refractivity contribution is 5.89. The Labute approximate surface area is 153 Å². The van der Waals surface area contributed by atoms with Gasteiger partial charge in [-0.3, -0.25) is 4.90 Å². The van der Waals surface area contributed by atoms with E-state index in [1.165, 1.54) is 12.1 Å². The minimum atomic E-state index is 0.0131. The van der Waals surface area contributed by atoms with Crippen molar-refractivity contribution in [3.8, 4) is 0 Å². The molecular formula is C20H34N4O. The third-order valence-corrected chi connectivity index (χ3v) is 4.93. The summed E-state index contributed by atoms with van der Waals surface area (Å²) < 4.78 is 0. The maximum atomic E-state index is 12.5. The molecule has 0 spiro atoms. The van der Waals surface area contributed by atoms with Gasteiger partial charge in [0.25, 0.3) is 0 Å². The minimum Gasteiger partial charge on any atom is -0.372 e. The van der Waals surface area contributed by atoms with Gasteiger partial charge in [-0.2, -0.15) is 0 Å². The van der Waals surface area contributed by atoms with Crippen LogP contribution >= 0.6 is 0 Å². The summed E-state index contributed by atoms with van der Waals surface area (Å²) in [5.41, 5.74) is 2.06. The molecule has 0 bridgehead atoms. The summed E-state index contributed by atoms with van der Waals surface area (Å²) >= 11 is 0. The standard InChI is InChI=1S/C20H34N4O/c1-5-23(6-2)19-9-7-18(8-10-19)21-20(25)24-15-13-22(14-16-24)12-11-17(3)4/h7-10,17H,5-6,11-16H2,1-4H3,(H,21,25). The first-order valence-electron chi connectivity index (χ1n) is 9.66. The normalized spacial score (nSPS) is 15.5. The molecule has 1 aromatic carbocycles. The van der Waals surface area contributed by atoms with Gasteiger partial charge in [-0.1, -0.05) is 13.8 Å². The topological polar surface area (TPSA) is 38.8 Å². The monoisotopic (exact) mass is 346 g/mol. The average Bonchev–Trinajstić information content (AvgIpc) is 2.62. The van der Waals surface area contributed by atoms with E-state index in [1.54, 1.807) is 0 Å². The number of carbonyl (C=O) groups is 1. The van der Waals surface area contributed by atoms with Crippen LogP contribution in [-0.4, -0.2) is 61.6 Å². The highest BCUT2D eigenvalue weighted by atomic mass is 16.2. The lowest BCUT2D eigenvalue weighted by atomic mass is 10.1. The van der Waals surface area contributed by atoms with E-state index in [9.17, 15) is 4.79 Å². The summed E-state index contributed by atoms with van der Waals surface area (Å²) in [7, 11) is 0. The quantitative estimate of drug-likeness (QED) is 0.818. The molecule has 140 valence electrons. The lowest BCUT2D eigenvalue weighted by molar-refractivity contribution is 0.143. The van der Waals surface area contributed by atoms with E-state index < -0.39 is 0 Å². The number of rotatable bonds is 7. The van der Waals surface area contributed by atoms with E-state index >= 15 is 0 Å². The Morgan fingerprint density at radius 2 is 1.68 bits per heavy atom. The van der Waals surface area contributed by atoms with Gasteiger partial charge in [-0.15, -0.1) is 0 Å². The lowest BCUT2D eigenvalue weighted by Gasteiger charge is -2.35. The van der Waals surface area contributed by atoms with Crippen molar-refractivity contribution >= 4 is 17.4 Å². The first-order chi connectivity index (χ1) is 12.0. The fraction of sp³-hybridized carbons (Fsp3) is 0.650. The number of carbonyl (C=O) groups excluding carboxylic acids is 1. The van der Waals surface area contributed by atoms with Gasteiger partial charge in [0.15, 0.2) is 0 Å². The molecule has 0 saturated carbocycles. The van der Waals surface area contributed by atoms with Crippen molar-refractivity contribution in [1.82, 2.24) is 9.80 Å². The number of hydrogen-bond donors (Lipinski definition) is 1. The first-order valence-corrected chi connectivity index (χ1v) is 9.66. The van der Waals surface area contributed by atoms with E-state index in [4.69, 9.17) is 0 Å². The zero-order valence-electron chi connectivity index (χ0n) is 16.3. The van der Waals surface area contributed by atoms with Crippen LogP contribution in [0.4, 0.5) is 16.2 Å². The second kappa shape index (κ2) is 9.66. The van der Waals surface area contributed by atoms with Crippen LogP contribution < -0.4 is 10.2 Å². The molecule has 1 heterocycles. The molecule has 1 aromatic rings. The fourth-order valence-corrected chi connectivity index (χ4v) is 3.16. The Balaban J connectivity index is 1.80. The van der Waals surface area contributed by atoms with Crippen LogP contribution in [0.5, 0.6) is 0 Å². The molecule has 25 heavy (non-hydrogen) atoms. The second-order valence-corrected chi connectivity index (χ2v) is 7.16.